The number of thiophene rings is 1. The van der Waals surface area contributed by atoms with Crippen molar-refractivity contribution in [1.29, 1.82) is 0 Å². The fourth-order valence-electron chi connectivity index (χ4n) is 3.21. The summed E-state index contributed by atoms with van der Waals surface area (Å²) in [5, 5.41) is 3.27. The Morgan fingerprint density at radius 1 is 0.958 bits per heavy atom. The first-order valence-corrected chi connectivity index (χ1v) is 8.75. The largest absolute Gasteiger partial charge is 0.248 e. The van der Waals surface area contributed by atoms with Crippen molar-refractivity contribution in [1.82, 2.24) is 0 Å². The van der Waals surface area contributed by atoms with Crippen molar-refractivity contribution in [2.45, 2.75) is 6.92 Å². The maximum atomic E-state index is 15.0. The maximum Gasteiger partial charge on any atom is 0.248 e. The molecule has 0 bridgehead atoms. The van der Waals surface area contributed by atoms with Crippen LogP contribution in [0.4, 0.5) is 4.39 Å². The van der Waals surface area contributed by atoms with Crippen LogP contribution in [0.1, 0.15) is 5.56 Å². The van der Waals surface area contributed by atoms with Gasteiger partial charge in [-0.3, -0.25) is 0 Å². The van der Waals surface area contributed by atoms with Crippen LogP contribution in [-0.4, -0.2) is 0 Å². The van der Waals surface area contributed by atoms with Gasteiger partial charge in [-0.1, -0.05) is 36.4 Å². The molecule has 0 saturated heterocycles. The monoisotopic (exact) mass is 334 g/mol. The SMILES string of the molecule is Cc1ccccc1-c1c(F)cc(-c2cccc3ccsc23)c[n+]1C. The number of pyridine rings is 1. The van der Waals surface area contributed by atoms with Crippen LogP contribution in [-0.2, 0) is 7.05 Å². The van der Waals surface area contributed by atoms with E-state index in [0.29, 0.717) is 5.69 Å². The summed E-state index contributed by atoms with van der Waals surface area (Å²) in [6, 6.07) is 17.8. The molecule has 1 nitrogen and oxygen atoms in total. The minimum atomic E-state index is -0.196. The van der Waals surface area contributed by atoms with Crippen LogP contribution in [0.2, 0.25) is 0 Å². The third kappa shape index (κ3) is 2.42. The lowest BCUT2D eigenvalue weighted by atomic mass is 10.0. The molecule has 0 spiro atoms. The molecular formula is C21H17FNS+. The minimum absolute atomic E-state index is 0.196. The van der Waals surface area contributed by atoms with E-state index < -0.39 is 0 Å². The lowest BCUT2D eigenvalue weighted by Gasteiger charge is -2.08. The van der Waals surface area contributed by atoms with E-state index >= 15 is 0 Å². The first-order chi connectivity index (χ1) is 11.6. The summed E-state index contributed by atoms with van der Waals surface area (Å²) < 4.78 is 18.1. The number of rotatable bonds is 2. The van der Waals surface area contributed by atoms with Crippen molar-refractivity contribution in [3.05, 3.63) is 77.6 Å². The van der Waals surface area contributed by atoms with E-state index in [9.17, 15) is 4.39 Å². The Kier molecular flexibility index (Phi) is 3.66. The summed E-state index contributed by atoms with van der Waals surface area (Å²) in [6.45, 7) is 2.01. The van der Waals surface area contributed by atoms with Crippen LogP contribution in [0.3, 0.4) is 0 Å². The third-order valence-electron chi connectivity index (χ3n) is 4.38. The van der Waals surface area contributed by atoms with E-state index in [-0.39, 0.29) is 5.82 Å². The van der Waals surface area contributed by atoms with Crippen molar-refractivity contribution in [3.63, 3.8) is 0 Å². The van der Waals surface area contributed by atoms with Crippen molar-refractivity contribution in [2.24, 2.45) is 7.05 Å². The zero-order valence-corrected chi connectivity index (χ0v) is 14.4. The highest BCUT2D eigenvalue weighted by Crippen LogP contribution is 2.33. The summed E-state index contributed by atoms with van der Waals surface area (Å²) in [6.07, 6.45) is 2.01. The molecule has 0 N–H and O–H groups in total. The number of benzene rings is 2. The molecule has 0 aliphatic heterocycles. The van der Waals surface area contributed by atoms with E-state index in [0.717, 1.165) is 22.3 Å². The molecule has 4 aromatic rings. The zero-order chi connectivity index (χ0) is 16.7. The normalized spacial score (nSPS) is 11.1. The highest BCUT2D eigenvalue weighted by Gasteiger charge is 2.21. The third-order valence-corrected chi connectivity index (χ3v) is 5.35. The number of hydrogen-bond acceptors (Lipinski definition) is 1. The fraction of sp³-hybridized carbons (Fsp3) is 0.0952. The van der Waals surface area contributed by atoms with E-state index in [1.54, 1.807) is 17.4 Å². The molecule has 118 valence electrons. The van der Waals surface area contributed by atoms with Crippen molar-refractivity contribution < 1.29 is 8.96 Å². The topological polar surface area (TPSA) is 3.88 Å². The molecular weight excluding hydrogens is 317 g/mol. The molecule has 0 radical (unpaired) electrons. The molecule has 3 heteroatoms. The van der Waals surface area contributed by atoms with Crippen LogP contribution >= 0.6 is 11.3 Å². The lowest BCUT2D eigenvalue weighted by Crippen LogP contribution is -2.32. The van der Waals surface area contributed by atoms with Crippen LogP contribution < -0.4 is 4.57 Å². The Morgan fingerprint density at radius 3 is 2.54 bits per heavy atom. The maximum absolute atomic E-state index is 15.0. The molecule has 4 rings (SSSR count). The molecule has 2 aromatic heterocycles. The Bertz CT molecular complexity index is 1030. The van der Waals surface area contributed by atoms with E-state index in [1.165, 1.54) is 10.1 Å². The zero-order valence-electron chi connectivity index (χ0n) is 13.6. The van der Waals surface area contributed by atoms with Crippen LogP contribution in [0.5, 0.6) is 0 Å². The van der Waals surface area contributed by atoms with Gasteiger partial charge in [0.25, 0.3) is 0 Å². The molecule has 0 saturated carbocycles. The molecule has 0 atom stereocenters. The van der Waals surface area contributed by atoms with Gasteiger partial charge in [-0.25, -0.2) is 0 Å². The summed E-state index contributed by atoms with van der Waals surface area (Å²) >= 11 is 1.69. The molecule has 2 heterocycles. The number of hydrogen-bond donors (Lipinski definition) is 0. The number of halogens is 1. The summed E-state index contributed by atoms with van der Waals surface area (Å²) in [5.41, 5.74) is 4.60. The number of aryl methyl sites for hydroxylation is 2. The van der Waals surface area contributed by atoms with E-state index in [4.69, 9.17) is 0 Å². The average Bonchev–Trinajstić information content (AvgIpc) is 3.04. The van der Waals surface area contributed by atoms with Gasteiger partial charge in [-0.2, -0.15) is 8.96 Å². The summed E-state index contributed by atoms with van der Waals surface area (Å²) in [7, 11) is 1.91. The molecule has 0 amide bonds. The van der Waals surface area contributed by atoms with Crippen molar-refractivity contribution in [2.75, 3.05) is 0 Å². The quantitative estimate of drug-likeness (QED) is 0.426. The smallest absolute Gasteiger partial charge is 0.200 e. The van der Waals surface area contributed by atoms with Crippen molar-refractivity contribution in [3.8, 4) is 22.4 Å². The molecule has 0 aliphatic rings. The molecule has 0 fully saturated rings. The van der Waals surface area contributed by atoms with Gasteiger partial charge in [0.2, 0.25) is 5.69 Å². The Morgan fingerprint density at radius 2 is 1.75 bits per heavy atom. The Balaban J connectivity index is 1.92. The van der Waals surface area contributed by atoms with Gasteiger partial charge < -0.3 is 0 Å². The average molecular weight is 334 g/mol. The van der Waals surface area contributed by atoms with Gasteiger partial charge in [0.15, 0.2) is 12.0 Å². The van der Waals surface area contributed by atoms with Gasteiger partial charge in [-0.05, 0) is 41.5 Å². The molecule has 0 unspecified atom stereocenters. The van der Waals surface area contributed by atoms with Crippen LogP contribution in [0.25, 0.3) is 32.5 Å². The second kappa shape index (κ2) is 5.84. The predicted octanol–water partition coefficient (Wildman–Crippen LogP) is 5.51. The Hall–Kier alpha value is -2.52. The van der Waals surface area contributed by atoms with Crippen molar-refractivity contribution >= 4 is 21.4 Å². The standard InChI is InChI=1S/C21H17FNS/c1-14-6-3-4-8-17(14)20-19(22)12-16(13-23(20)2)18-9-5-7-15-10-11-24-21(15)18/h3-13H,1-2H3/q+1. The molecule has 0 aliphatic carbocycles. The van der Waals surface area contributed by atoms with Gasteiger partial charge in [-0.15, -0.1) is 11.3 Å². The van der Waals surface area contributed by atoms with Gasteiger partial charge >= 0.3 is 0 Å². The number of fused-ring (bicyclic) bond motifs is 1. The highest BCUT2D eigenvalue weighted by molar-refractivity contribution is 7.17. The van der Waals surface area contributed by atoms with E-state index in [2.05, 4.69) is 23.6 Å². The molecule has 2 aromatic carbocycles. The predicted molar refractivity (Wildman–Crippen MR) is 98.6 cm³/mol. The number of aromatic nitrogens is 1. The van der Waals surface area contributed by atoms with Crippen LogP contribution in [0, 0.1) is 12.7 Å². The number of nitrogens with zero attached hydrogens (tertiary/aromatic N) is 1. The van der Waals surface area contributed by atoms with E-state index in [1.807, 2.05) is 55.1 Å². The first kappa shape index (κ1) is 15.0. The van der Waals surface area contributed by atoms with Gasteiger partial charge in [0.05, 0.1) is 11.1 Å². The second-order valence-corrected chi connectivity index (χ2v) is 6.91. The lowest BCUT2D eigenvalue weighted by molar-refractivity contribution is -0.661. The minimum Gasteiger partial charge on any atom is -0.200 e. The second-order valence-electron chi connectivity index (χ2n) is 6.00. The van der Waals surface area contributed by atoms with Gasteiger partial charge in [0, 0.05) is 10.3 Å². The first-order valence-electron chi connectivity index (χ1n) is 7.87. The molecule has 24 heavy (non-hydrogen) atoms. The Labute approximate surface area is 144 Å². The summed E-state index contributed by atoms with van der Waals surface area (Å²) in [4.78, 5) is 0. The highest BCUT2D eigenvalue weighted by atomic mass is 32.1. The fourth-order valence-corrected chi connectivity index (χ4v) is 4.14. The van der Waals surface area contributed by atoms with Crippen LogP contribution in [0.15, 0.2) is 66.2 Å². The summed E-state index contributed by atoms with van der Waals surface area (Å²) in [5.74, 6) is -0.196. The van der Waals surface area contributed by atoms with Gasteiger partial charge in [0.1, 0.15) is 7.05 Å².